The second-order valence-electron chi connectivity index (χ2n) is 7.62. The lowest BCUT2D eigenvalue weighted by atomic mass is 10.1. The third-order valence-corrected chi connectivity index (χ3v) is 5.44. The van der Waals surface area contributed by atoms with E-state index in [1.54, 1.807) is 68.6 Å². The summed E-state index contributed by atoms with van der Waals surface area (Å²) >= 11 is 6.26. The van der Waals surface area contributed by atoms with E-state index in [1.165, 1.54) is 12.1 Å². The molecule has 0 saturated carbocycles. The summed E-state index contributed by atoms with van der Waals surface area (Å²) < 4.78 is 15.8. The third-order valence-electron chi connectivity index (χ3n) is 5.14. The van der Waals surface area contributed by atoms with E-state index in [9.17, 15) is 14.4 Å². The molecule has 0 aliphatic rings. The van der Waals surface area contributed by atoms with Crippen LogP contribution in [0.2, 0.25) is 5.02 Å². The summed E-state index contributed by atoms with van der Waals surface area (Å²) in [5.41, 5.74) is 2.11. The summed E-state index contributed by atoms with van der Waals surface area (Å²) in [6.07, 6.45) is 0. The number of anilines is 2. The number of rotatable bonds is 7. The van der Waals surface area contributed by atoms with Crippen molar-refractivity contribution in [3.8, 4) is 11.5 Å². The Morgan fingerprint density at radius 2 is 1.60 bits per heavy atom. The van der Waals surface area contributed by atoms with E-state index in [-0.39, 0.29) is 23.3 Å². The molecule has 3 aromatic carbocycles. The zero-order chi connectivity index (χ0) is 24.9. The Morgan fingerprint density at radius 1 is 0.943 bits per heavy atom. The van der Waals surface area contributed by atoms with Crippen LogP contribution in [0.15, 0.2) is 75.9 Å². The molecule has 0 atom stereocenters. The first-order valence-electron chi connectivity index (χ1n) is 10.5. The Kier molecular flexibility index (Phi) is 7.03. The number of hydrogen-bond acceptors (Lipinski definition) is 6. The summed E-state index contributed by atoms with van der Waals surface area (Å²) in [5.74, 6) is 0.191. The van der Waals surface area contributed by atoms with Crippen LogP contribution in [0, 0.1) is 6.92 Å². The summed E-state index contributed by atoms with van der Waals surface area (Å²) in [6, 6.07) is 17.9. The van der Waals surface area contributed by atoms with Crippen molar-refractivity contribution in [1.82, 2.24) is 0 Å². The van der Waals surface area contributed by atoms with Gasteiger partial charge in [0.2, 0.25) is 0 Å². The third kappa shape index (κ3) is 5.80. The number of carbonyl (C=O) groups excluding carboxylic acids is 2. The highest BCUT2D eigenvalue weighted by Crippen LogP contribution is 2.31. The fraction of sp³-hybridized carbons (Fsp3) is 0.115. The van der Waals surface area contributed by atoms with Crippen molar-refractivity contribution < 1.29 is 23.5 Å². The molecule has 1 aromatic heterocycles. The summed E-state index contributed by atoms with van der Waals surface area (Å²) in [5, 5.41) is 6.45. The molecule has 1 heterocycles. The molecule has 0 aliphatic carbocycles. The maximum Gasteiger partial charge on any atom is 0.336 e. The van der Waals surface area contributed by atoms with Crippen LogP contribution < -0.4 is 25.7 Å². The van der Waals surface area contributed by atoms with Crippen molar-refractivity contribution in [2.45, 2.75) is 6.92 Å². The molecule has 2 amide bonds. The number of aryl methyl sites for hydroxylation is 1. The zero-order valence-electron chi connectivity index (χ0n) is 18.9. The van der Waals surface area contributed by atoms with Gasteiger partial charge >= 0.3 is 5.63 Å². The van der Waals surface area contributed by atoms with E-state index in [2.05, 4.69) is 10.6 Å². The van der Waals surface area contributed by atoms with Gasteiger partial charge in [-0.15, -0.1) is 0 Å². The van der Waals surface area contributed by atoms with E-state index >= 15 is 0 Å². The normalized spacial score (nSPS) is 10.6. The SMILES string of the molecule is COc1ccc(NC(=O)c2ccc(NC(=O)COc3cc4oc(=O)cc(C)c4cc3Cl)cc2)cc1. The summed E-state index contributed by atoms with van der Waals surface area (Å²) in [7, 11) is 1.57. The molecule has 0 aliphatic heterocycles. The highest BCUT2D eigenvalue weighted by atomic mass is 35.5. The van der Waals surface area contributed by atoms with E-state index in [4.69, 9.17) is 25.5 Å². The van der Waals surface area contributed by atoms with Gasteiger partial charge in [0.1, 0.15) is 17.1 Å². The molecule has 35 heavy (non-hydrogen) atoms. The van der Waals surface area contributed by atoms with E-state index in [0.717, 1.165) is 5.56 Å². The predicted molar refractivity (Wildman–Crippen MR) is 134 cm³/mol. The summed E-state index contributed by atoms with van der Waals surface area (Å²) in [6.45, 7) is 1.46. The second-order valence-corrected chi connectivity index (χ2v) is 8.03. The first kappa shape index (κ1) is 23.8. The average molecular weight is 493 g/mol. The molecule has 0 radical (unpaired) electrons. The van der Waals surface area contributed by atoms with Gasteiger partial charge in [0.05, 0.1) is 12.1 Å². The predicted octanol–water partition coefficient (Wildman–Crippen LogP) is 5.03. The first-order valence-corrected chi connectivity index (χ1v) is 10.9. The van der Waals surface area contributed by atoms with Gasteiger partial charge in [0.15, 0.2) is 6.61 Å². The molecule has 0 bridgehead atoms. The van der Waals surface area contributed by atoms with E-state index < -0.39 is 11.5 Å². The van der Waals surface area contributed by atoms with Crippen molar-refractivity contribution in [3.05, 3.63) is 93.3 Å². The molecule has 8 nitrogen and oxygen atoms in total. The minimum atomic E-state index is -0.484. The topological polar surface area (TPSA) is 107 Å². The molecule has 0 fully saturated rings. The molecule has 2 N–H and O–H groups in total. The molecule has 0 spiro atoms. The van der Waals surface area contributed by atoms with Crippen LogP contribution in [0.3, 0.4) is 0 Å². The highest BCUT2D eigenvalue weighted by Gasteiger charge is 2.12. The number of carbonyl (C=O) groups is 2. The summed E-state index contributed by atoms with van der Waals surface area (Å²) in [4.78, 5) is 36.4. The van der Waals surface area contributed by atoms with Crippen LogP contribution in [-0.4, -0.2) is 25.5 Å². The highest BCUT2D eigenvalue weighted by molar-refractivity contribution is 6.32. The fourth-order valence-corrected chi connectivity index (χ4v) is 3.57. The smallest absolute Gasteiger partial charge is 0.336 e. The molecule has 4 aromatic rings. The molecule has 0 unspecified atom stereocenters. The van der Waals surface area contributed by atoms with Crippen LogP contribution >= 0.6 is 11.6 Å². The van der Waals surface area contributed by atoms with Gasteiger partial charge in [-0.3, -0.25) is 9.59 Å². The molecular formula is C26H21ClN2O6. The largest absolute Gasteiger partial charge is 0.497 e. The lowest BCUT2D eigenvalue weighted by Gasteiger charge is -2.11. The second kappa shape index (κ2) is 10.3. The van der Waals surface area contributed by atoms with Crippen LogP contribution in [0.1, 0.15) is 15.9 Å². The van der Waals surface area contributed by atoms with E-state index in [1.807, 2.05) is 0 Å². The Morgan fingerprint density at radius 3 is 2.29 bits per heavy atom. The Balaban J connectivity index is 1.35. The minimum Gasteiger partial charge on any atom is -0.497 e. The van der Waals surface area contributed by atoms with Crippen LogP contribution in [0.25, 0.3) is 11.0 Å². The number of halogens is 1. The quantitative estimate of drug-likeness (QED) is 0.350. The Labute approximate surface area is 205 Å². The lowest BCUT2D eigenvalue weighted by molar-refractivity contribution is -0.118. The van der Waals surface area contributed by atoms with Gasteiger partial charge in [-0.05, 0) is 67.1 Å². The lowest BCUT2D eigenvalue weighted by Crippen LogP contribution is -2.20. The van der Waals surface area contributed by atoms with Gasteiger partial charge in [-0.2, -0.15) is 0 Å². The van der Waals surface area contributed by atoms with E-state index in [0.29, 0.717) is 33.7 Å². The number of methoxy groups -OCH3 is 1. The maximum absolute atomic E-state index is 12.4. The molecule has 178 valence electrons. The number of hydrogen-bond donors (Lipinski definition) is 2. The van der Waals surface area contributed by atoms with Gasteiger partial charge < -0.3 is 24.5 Å². The number of nitrogens with one attached hydrogen (secondary N) is 2. The monoisotopic (exact) mass is 492 g/mol. The van der Waals surface area contributed by atoms with Gasteiger partial charge in [0, 0.05) is 34.5 Å². The Bertz CT molecular complexity index is 1450. The van der Waals surface area contributed by atoms with Gasteiger partial charge in [-0.1, -0.05) is 11.6 Å². The Hall–Kier alpha value is -4.30. The molecule has 4 rings (SSSR count). The first-order chi connectivity index (χ1) is 16.8. The molecule has 9 heteroatoms. The minimum absolute atomic E-state index is 0.216. The maximum atomic E-state index is 12.4. The van der Waals surface area contributed by atoms with Crippen LogP contribution in [0.5, 0.6) is 11.5 Å². The van der Waals surface area contributed by atoms with Crippen molar-refractivity contribution in [2.24, 2.45) is 0 Å². The zero-order valence-corrected chi connectivity index (χ0v) is 19.6. The number of ether oxygens (including phenoxy) is 2. The van der Waals surface area contributed by atoms with Crippen LogP contribution in [0.4, 0.5) is 11.4 Å². The number of amides is 2. The van der Waals surface area contributed by atoms with Crippen molar-refractivity contribution >= 4 is 45.8 Å². The van der Waals surface area contributed by atoms with Crippen molar-refractivity contribution in [2.75, 3.05) is 24.4 Å². The molecule has 0 saturated heterocycles. The fourth-order valence-electron chi connectivity index (χ4n) is 3.35. The number of benzene rings is 3. The average Bonchev–Trinajstić information content (AvgIpc) is 2.84. The van der Waals surface area contributed by atoms with Crippen molar-refractivity contribution in [3.63, 3.8) is 0 Å². The molecular weight excluding hydrogens is 472 g/mol. The van der Waals surface area contributed by atoms with Gasteiger partial charge in [0.25, 0.3) is 11.8 Å². The standard InChI is InChI=1S/C26H21ClN2O6/c1-15-11-25(31)35-22-13-23(21(27)12-20(15)22)34-14-24(30)28-17-5-3-16(4-6-17)26(32)29-18-7-9-19(33-2)10-8-18/h3-13H,14H2,1-2H3,(H,28,30)(H,29,32). The number of fused-ring (bicyclic) bond motifs is 1. The van der Waals surface area contributed by atoms with Gasteiger partial charge in [-0.25, -0.2) is 4.79 Å². The van der Waals surface area contributed by atoms with Crippen LogP contribution in [-0.2, 0) is 4.79 Å². The van der Waals surface area contributed by atoms with Crippen molar-refractivity contribution in [1.29, 1.82) is 0 Å².